The van der Waals surface area contributed by atoms with Gasteiger partial charge in [0.25, 0.3) is 5.56 Å². The Balaban J connectivity index is 1.66. The van der Waals surface area contributed by atoms with E-state index in [4.69, 9.17) is 0 Å². The maximum Gasteiger partial charge on any atom is 0.252 e. The molecule has 1 atom stereocenters. The molecule has 0 radical (unpaired) electrons. The zero-order valence-corrected chi connectivity index (χ0v) is 13.5. The summed E-state index contributed by atoms with van der Waals surface area (Å²) in [4.78, 5) is 17.9. The van der Waals surface area contributed by atoms with Gasteiger partial charge in [0.15, 0.2) is 0 Å². The molecule has 2 N–H and O–H groups in total. The average molecular weight is 312 g/mol. The summed E-state index contributed by atoms with van der Waals surface area (Å²) in [7, 11) is 0. The first-order chi connectivity index (χ1) is 11.2. The lowest BCUT2D eigenvalue weighted by molar-refractivity contribution is 0.189. The molecule has 122 valence electrons. The molecule has 1 aliphatic carbocycles. The lowest BCUT2D eigenvalue weighted by Gasteiger charge is -2.23. The maximum absolute atomic E-state index is 12.5. The summed E-state index contributed by atoms with van der Waals surface area (Å²) < 4.78 is 0. The number of aromatic amines is 1. The van der Waals surface area contributed by atoms with Gasteiger partial charge in [-0.25, -0.2) is 0 Å². The molecule has 0 saturated carbocycles. The van der Waals surface area contributed by atoms with Crippen molar-refractivity contribution in [3.63, 3.8) is 0 Å². The summed E-state index contributed by atoms with van der Waals surface area (Å²) in [5.41, 5.74) is 4.68. The number of aliphatic hydroxyl groups is 1. The summed E-state index contributed by atoms with van der Waals surface area (Å²) in [6.45, 7) is 1.93. The molecule has 2 aliphatic rings. The first-order valence-electron chi connectivity index (χ1n) is 8.77. The molecule has 1 saturated heterocycles. The first kappa shape index (κ1) is 14.9. The molecule has 0 unspecified atom stereocenters. The second-order valence-corrected chi connectivity index (χ2v) is 6.96. The van der Waals surface area contributed by atoms with Gasteiger partial charge < -0.3 is 10.1 Å². The second kappa shape index (κ2) is 6.10. The third kappa shape index (κ3) is 2.81. The molecule has 0 spiro atoms. The SMILES string of the molecule is O=c1[nH]c2cc3c(cc2cc1CN1CCC[C@H]1CCO)CCC3. The largest absolute Gasteiger partial charge is 0.396 e. The summed E-state index contributed by atoms with van der Waals surface area (Å²) >= 11 is 0. The van der Waals surface area contributed by atoms with Gasteiger partial charge in [-0.15, -0.1) is 0 Å². The zero-order chi connectivity index (χ0) is 15.8. The number of aromatic nitrogens is 1. The van der Waals surface area contributed by atoms with E-state index in [1.165, 1.54) is 17.5 Å². The van der Waals surface area contributed by atoms with E-state index in [0.29, 0.717) is 12.6 Å². The monoisotopic (exact) mass is 312 g/mol. The summed E-state index contributed by atoms with van der Waals surface area (Å²) in [5.74, 6) is 0. The van der Waals surface area contributed by atoms with Crippen molar-refractivity contribution in [2.24, 2.45) is 0 Å². The van der Waals surface area contributed by atoms with Crippen molar-refractivity contribution in [2.75, 3.05) is 13.2 Å². The van der Waals surface area contributed by atoms with Crippen LogP contribution in [-0.4, -0.2) is 34.2 Å². The van der Waals surface area contributed by atoms with Gasteiger partial charge in [-0.2, -0.15) is 0 Å². The van der Waals surface area contributed by atoms with Gasteiger partial charge in [-0.05, 0) is 79.8 Å². The van der Waals surface area contributed by atoms with E-state index < -0.39 is 0 Å². The lowest BCUT2D eigenvalue weighted by atomic mass is 10.0. The van der Waals surface area contributed by atoms with E-state index in [2.05, 4.69) is 28.1 Å². The molecule has 23 heavy (non-hydrogen) atoms. The lowest BCUT2D eigenvalue weighted by Crippen LogP contribution is -2.32. The number of nitrogens with zero attached hydrogens (tertiary/aromatic N) is 1. The van der Waals surface area contributed by atoms with Crippen LogP contribution in [0.2, 0.25) is 0 Å². The van der Waals surface area contributed by atoms with Crippen molar-refractivity contribution < 1.29 is 5.11 Å². The molecule has 4 heteroatoms. The number of fused-ring (bicyclic) bond motifs is 2. The van der Waals surface area contributed by atoms with E-state index >= 15 is 0 Å². The third-order valence-electron chi connectivity index (χ3n) is 5.47. The number of pyridine rings is 1. The van der Waals surface area contributed by atoms with Crippen LogP contribution in [0.5, 0.6) is 0 Å². The minimum absolute atomic E-state index is 0.0325. The fraction of sp³-hybridized carbons (Fsp3) is 0.526. The third-order valence-corrected chi connectivity index (χ3v) is 5.47. The van der Waals surface area contributed by atoms with Crippen LogP contribution in [0.15, 0.2) is 23.0 Å². The molecule has 1 aromatic carbocycles. The highest BCUT2D eigenvalue weighted by Gasteiger charge is 2.24. The number of likely N-dealkylation sites (tertiary alicyclic amines) is 1. The van der Waals surface area contributed by atoms with Gasteiger partial charge in [0.1, 0.15) is 0 Å². The molecule has 4 nitrogen and oxygen atoms in total. The van der Waals surface area contributed by atoms with Gasteiger partial charge in [-0.1, -0.05) is 0 Å². The van der Waals surface area contributed by atoms with Crippen molar-refractivity contribution in [3.05, 3.63) is 45.2 Å². The Morgan fingerprint density at radius 3 is 2.83 bits per heavy atom. The zero-order valence-electron chi connectivity index (χ0n) is 13.5. The van der Waals surface area contributed by atoms with Crippen molar-refractivity contribution in [1.29, 1.82) is 0 Å². The van der Waals surface area contributed by atoms with Crippen LogP contribution in [0.25, 0.3) is 10.9 Å². The Morgan fingerprint density at radius 1 is 1.17 bits per heavy atom. The Bertz CT molecular complexity index is 781. The van der Waals surface area contributed by atoms with Crippen LogP contribution in [0.3, 0.4) is 0 Å². The maximum atomic E-state index is 12.5. The predicted octanol–water partition coefficient (Wildman–Crippen LogP) is 2.36. The molecular weight excluding hydrogens is 288 g/mol. The number of benzene rings is 1. The van der Waals surface area contributed by atoms with Crippen LogP contribution in [0, 0.1) is 0 Å². The topological polar surface area (TPSA) is 56.3 Å². The van der Waals surface area contributed by atoms with Crippen molar-refractivity contribution in [3.8, 4) is 0 Å². The fourth-order valence-corrected chi connectivity index (χ4v) is 4.24. The van der Waals surface area contributed by atoms with Gasteiger partial charge in [0, 0.05) is 30.3 Å². The summed E-state index contributed by atoms with van der Waals surface area (Å²) in [6, 6.07) is 6.90. The molecule has 2 heterocycles. The highest BCUT2D eigenvalue weighted by Crippen LogP contribution is 2.27. The fourth-order valence-electron chi connectivity index (χ4n) is 4.24. The standard InChI is InChI=1S/C19H24N2O2/c22-8-6-17-5-2-7-21(17)12-16-10-15-9-13-3-1-4-14(13)11-18(15)20-19(16)23/h9-11,17,22H,1-8,12H2,(H,20,23)/t17-/m0/s1. The van der Waals surface area contributed by atoms with E-state index in [9.17, 15) is 9.90 Å². The van der Waals surface area contributed by atoms with Gasteiger partial charge in [0.05, 0.1) is 0 Å². The highest BCUT2D eigenvalue weighted by molar-refractivity contribution is 5.81. The summed E-state index contributed by atoms with van der Waals surface area (Å²) in [5, 5.41) is 10.4. The van der Waals surface area contributed by atoms with E-state index in [0.717, 1.165) is 55.1 Å². The average Bonchev–Trinajstić information content (AvgIpc) is 3.15. The number of hydrogen-bond acceptors (Lipinski definition) is 3. The van der Waals surface area contributed by atoms with Gasteiger partial charge in [-0.3, -0.25) is 9.69 Å². The number of aryl methyl sites for hydroxylation is 2. The predicted molar refractivity (Wildman–Crippen MR) is 91.7 cm³/mol. The van der Waals surface area contributed by atoms with Gasteiger partial charge in [0.2, 0.25) is 0 Å². The molecular formula is C19H24N2O2. The molecule has 4 rings (SSSR count). The van der Waals surface area contributed by atoms with Crippen LogP contribution < -0.4 is 5.56 Å². The molecule has 1 aromatic heterocycles. The minimum Gasteiger partial charge on any atom is -0.396 e. The Kier molecular flexibility index (Phi) is 3.95. The normalized spacial score (nSPS) is 21.2. The Labute approximate surface area is 136 Å². The molecule has 0 amide bonds. The van der Waals surface area contributed by atoms with E-state index in [1.807, 2.05) is 0 Å². The van der Waals surface area contributed by atoms with Crippen molar-refractivity contribution >= 4 is 10.9 Å². The minimum atomic E-state index is 0.0325. The number of aliphatic hydroxyl groups excluding tert-OH is 1. The van der Waals surface area contributed by atoms with Gasteiger partial charge >= 0.3 is 0 Å². The Hall–Kier alpha value is -1.65. The molecule has 1 aliphatic heterocycles. The first-order valence-corrected chi connectivity index (χ1v) is 8.77. The second-order valence-electron chi connectivity index (χ2n) is 6.96. The summed E-state index contributed by atoms with van der Waals surface area (Å²) in [6.07, 6.45) is 6.59. The number of nitrogens with one attached hydrogen (secondary N) is 1. The van der Waals surface area contributed by atoms with E-state index in [-0.39, 0.29) is 12.2 Å². The van der Waals surface area contributed by atoms with Crippen LogP contribution >= 0.6 is 0 Å². The molecule has 0 bridgehead atoms. The Morgan fingerprint density at radius 2 is 2.00 bits per heavy atom. The van der Waals surface area contributed by atoms with Crippen LogP contribution in [0.4, 0.5) is 0 Å². The molecule has 1 fully saturated rings. The number of rotatable bonds is 4. The number of H-pyrrole nitrogens is 1. The van der Waals surface area contributed by atoms with Crippen LogP contribution in [-0.2, 0) is 19.4 Å². The highest BCUT2D eigenvalue weighted by atomic mass is 16.3. The smallest absolute Gasteiger partial charge is 0.252 e. The van der Waals surface area contributed by atoms with E-state index in [1.54, 1.807) is 0 Å². The number of hydrogen-bond donors (Lipinski definition) is 2. The van der Waals surface area contributed by atoms with Crippen LogP contribution in [0.1, 0.15) is 42.4 Å². The van der Waals surface area contributed by atoms with Crippen molar-refractivity contribution in [1.82, 2.24) is 9.88 Å². The van der Waals surface area contributed by atoms with Crippen molar-refractivity contribution in [2.45, 2.75) is 51.1 Å². The molecule has 2 aromatic rings. The quantitative estimate of drug-likeness (QED) is 0.911.